The van der Waals surface area contributed by atoms with Crippen LogP contribution in [-0.2, 0) is 0 Å². The van der Waals surface area contributed by atoms with Crippen LogP contribution < -0.4 is 14.8 Å². The summed E-state index contributed by atoms with van der Waals surface area (Å²) in [6, 6.07) is 11.9. The minimum Gasteiger partial charge on any atom is -0.454 e. The first-order chi connectivity index (χ1) is 12.1. The summed E-state index contributed by atoms with van der Waals surface area (Å²) < 4.78 is 10.8. The Hall–Kier alpha value is -2.34. The van der Waals surface area contributed by atoms with Gasteiger partial charge < -0.3 is 19.7 Å². The van der Waals surface area contributed by atoms with Crippen LogP contribution >= 0.6 is 11.8 Å². The molecule has 0 radical (unpaired) electrons. The summed E-state index contributed by atoms with van der Waals surface area (Å²) in [6.45, 7) is 5.04. The van der Waals surface area contributed by atoms with E-state index < -0.39 is 0 Å². The van der Waals surface area contributed by atoms with Gasteiger partial charge in [-0.05, 0) is 43.2 Å². The predicted octanol–water partition coefficient (Wildman–Crippen LogP) is 4.31. The van der Waals surface area contributed by atoms with Gasteiger partial charge in [-0.2, -0.15) is 0 Å². The Bertz CT molecular complexity index is 824. The van der Waals surface area contributed by atoms with Crippen LogP contribution in [0, 0.1) is 13.8 Å². The number of anilines is 1. The maximum absolute atomic E-state index is 12.8. The highest BCUT2D eigenvalue weighted by molar-refractivity contribution is 7.99. The van der Waals surface area contributed by atoms with Gasteiger partial charge in [0.1, 0.15) is 5.37 Å². The second-order valence-electron chi connectivity index (χ2n) is 6.28. The van der Waals surface area contributed by atoms with Gasteiger partial charge in [0.2, 0.25) is 6.79 Å². The number of rotatable bonds is 2. The van der Waals surface area contributed by atoms with E-state index in [-0.39, 0.29) is 18.2 Å². The molecule has 2 amide bonds. The number of ether oxygens (including phenoxy) is 2. The van der Waals surface area contributed by atoms with Crippen molar-refractivity contribution in [3.8, 4) is 11.5 Å². The molecule has 0 spiro atoms. The van der Waals surface area contributed by atoms with Gasteiger partial charge in [0.05, 0.1) is 0 Å². The van der Waals surface area contributed by atoms with Gasteiger partial charge in [-0.15, -0.1) is 11.8 Å². The van der Waals surface area contributed by atoms with E-state index in [1.807, 2.05) is 49.1 Å². The van der Waals surface area contributed by atoms with Crippen molar-refractivity contribution in [2.75, 3.05) is 24.4 Å². The highest BCUT2D eigenvalue weighted by atomic mass is 32.2. The molecule has 25 heavy (non-hydrogen) atoms. The third-order valence-electron chi connectivity index (χ3n) is 4.46. The Morgan fingerprint density at radius 1 is 1.16 bits per heavy atom. The Balaban J connectivity index is 1.53. The van der Waals surface area contributed by atoms with Crippen molar-refractivity contribution in [1.29, 1.82) is 0 Å². The Labute approximate surface area is 151 Å². The van der Waals surface area contributed by atoms with E-state index in [0.717, 1.165) is 40.6 Å². The quantitative estimate of drug-likeness (QED) is 0.871. The number of nitrogens with one attached hydrogen (secondary N) is 1. The zero-order valence-electron chi connectivity index (χ0n) is 14.2. The monoisotopic (exact) mass is 356 g/mol. The number of carbonyl (C=O) groups excluding carboxylic acids is 1. The van der Waals surface area contributed by atoms with Crippen LogP contribution in [0.3, 0.4) is 0 Å². The first-order valence-electron chi connectivity index (χ1n) is 8.28. The molecular weight excluding hydrogens is 336 g/mol. The molecular formula is C19H20N2O3S. The molecule has 6 heteroatoms. The van der Waals surface area contributed by atoms with Crippen LogP contribution in [0.15, 0.2) is 36.4 Å². The second kappa shape index (κ2) is 6.52. The number of hydrogen-bond donors (Lipinski definition) is 1. The lowest BCUT2D eigenvalue weighted by Gasteiger charge is -2.25. The third kappa shape index (κ3) is 3.14. The molecule has 2 heterocycles. The van der Waals surface area contributed by atoms with E-state index in [9.17, 15) is 4.79 Å². The van der Waals surface area contributed by atoms with Crippen molar-refractivity contribution in [1.82, 2.24) is 4.90 Å². The largest absolute Gasteiger partial charge is 0.454 e. The lowest BCUT2D eigenvalue weighted by atomic mass is 10.1. The Morgan fingerprint density at radius 3 is 2.84 bits per heavy atom. The number of carbonyl (C=O) groups is 1. The van der Waals surface area contributed by atoms with E-state index in [1.54, 1.807) is 11.8 Å². The van der Waals surface area contributed by atoms with Crippen molar-refractivity contribution < 1.29 is 14.3 Å². The molecule has 2 aromatic rings. The maximum Gasteiger partial charge on any atom is 0.323 e. The molecule has 5 nitrogen and oxygen atoms in total. The first kappa shape index (κ1) is 16.1. The molecule has 1 unspecified atom stereocenters. The average Bonchev–Trinajstić information content (AvgIpc) is 3.25. The van der Waals surface area contributed by atoms with Crippen LogP contribution in [0.4, 0.5) is 10.5 Å². The van der Waals surface area contributed by atoms with Gasteiger partial charge in [0.25, 0.3) is 0 Å². The SMILES string of the molecule is Cc1ccc(NC(=O)N2CCSC2c2ccc3c(c2)OCO3)c(C)c1. The number of thioether (sulfide) groups is 1. The van der Waals surface area contributed by atoms with E-state index in [1.165, 1.54) is 5.56 Å². The highest BCUT2D eigenvalue weighted by Crippen LogP contribution is 2.42. The van der Waals surface area contributed by atoms with Gasteiger partial charge in [-0.3, -0.25) is 0 Å². The second-order valence-corrected chi connectivity index (χ2v) is 7.47. The zero-order valence-corrected chi connectivity index (χ0v) is 15.1. The molecule has 2 aliphatic rings. The van der Waals surface area contributed by atoms with E-state index in [0.29, 0.717) is 0 Å². The summed E-state index contributed by atoms with van der Waals surface area (Å²) >= 11 is 1.76. The summed E-state index contributed by atoms with van der Waals surface area (Å²) in [6.07, 6.45) is 0. The fourth-order valence-electron chi connectivity index (χ4n) is 3.16. The molecule has 1 saturated heterocycles. The van der Waals surface area contributed by atoms with Gasteiger partial charge in [-0.25, -0.2) is 4.79 Å². The molecule has 0 saturated carbocycles. The third-order valence-corrected chi connectivity index (χ3v) is 5.72. The summed E-state index contributed by atoms with van der Waals surface area (Å²) in [5.41, 5.74) is 4.17. The number of urea groups is 1. The van der Waals surface area contributed by atoms with Crippen LogP contribution in [0.25, 0.3) is 0 Å². The van der Waals surface area contributed by atoms with Crippen molar-refractivity contribution in [3.63, 3.8) is 0 Å². The predicted molar refractivity (Wildman–Crippen MR) is 99.4 cm³/mol. The molecule has 2 aromatic carbocycles. The molecule has 1 N–H and O–H groups in total. The number of aryl methyl sites for hydroxylation is 2. The van der Waals surface area contributed by atoms with Crippen LogP contribution in [0.2, 0.25) is 0 Å². The van der Waals surface area contributed by atoms with Gasteiger partial charge in [-0.1, -0.05) is 23.8 Å². The van der Waals surface area contributed by atoms with E-state index in [4.69, 9.17) is 9.47 Å². The fourth-order valence-corrected chi connectivity index (χ4v) is 4.41. The summed E-state index contributed by atoms with van der Waals surface area (Å²) in [5.74, 6) is 2.43. The number of amides is 2. The highest BCUT2D eigenvalue weighted by Gasteiger charge is 2.32. The summed E-state index contributed by atoms with van der Waals surface area (Å²) in [4.78, 5) is 14.7. The normalized spacial score (nSPS) is 18.5. The maximum atomic E-state index is 12.8. The standard InChI is InChI=1S/C19H20N2O3S/c1-12-3-5-15(13(2)9-12)20-19(22)21-7-8-25-18(21)14-4-6-16-17(10-14)24-11-23-16/h3-6,9-10,18H,7-8,11H2,1-2H3,(H,20,22). The molecule has 1 atom stereocenters. The average molecular weight is 356 g/mol. The van der Waals surface area contributed by atoms with Crippen molar-refractivity contribution in [3.05, 3.63) is 53.1 Å². The molecule has 130 valence electrons. The van der Waals surface area contributed by atoms with Crippen LogP contribution in [0.1, 0.15) is 22.1 Å². The molecule has 0 bridgehead atoms. The minimum absolute atomic E-state index is 0.0137. The van der Waals surface area contributed by atoms with Gasteiger partial charge in [0.15, 0.2) is 11.5 Å². The van der Waals surface area contributed by atoms with Crippen molar-refractivity contribution in [2.24, 2.45) is 0 Å². The molecule has 0 aromatic heterocycles. The Morgan fingerprint density at radius 2 is 2.00 bits per heavy atom. The molecule has 2 aliphatic heterocycles. The number of hydrogen-bond acceptors (Lipinski definition) is 4. The molecule has 0 aliphatic carbocycles. The summed E-state index contributed by atoms with van der Waals surface area (Å²) in [7, 11) is 0. The van der Waals surface area contributed by atoms with Crippen LogP contribution in [-0.4, -0.2) is 30.0 Å². The lowest BCUT2D eigenvalue weighted by molar-refractivity contribution is 0.174. The van der Waals surface area contributed by atoms with Crippen molar-refractivity contribution >= 4 is 23.5 Å². The topological polar surface area (TPSA) is 50.8 Å². The van der Waals surface area contributed by atoms with Crippen LogP contribution in [0.5, 0.6) is 11.5 Å². The van der Waals surface area contributed by atoms with E-state index >= 15 is 0 Å². The summed E-state index contributed by atoms with van der Waals surface area (Å²) in [5, 5.41) is 3.04. The Kier molecular flexibility index (Phi) is 4.21. The van der Waals surface area contributed by atoms with Gasteiger partial charge in [0, 0.05) is 18.0 Å². The number of nitrogens with zero attached hydrogens (tertiary/aromatic N) is 1. The van der Waals surface area contributed by atoms with Gasteiger partial charge >= 0.3 is 6.03 Å². The lowest BCUT2D eigenvalue weighted by Crippen LogP contribution is -2.34. The fraction of sp³-hybridized carbons (Fsp3) is 0.316. The molecule has 4 rings (SSSR count). The minimum atomic E-state index is -0.0698. The first-order valence-corrected chi connectivity index (χ1v) is 9.33. The number of fused-ring (bicyclic) bond motifs is 1. The van der Waals surface area contributed by atoms with Crippen molar-refractivity contribution in [2.45, 2.75) is 19.2 Å². The number of benzene rings is 2. The molecule has 1 fully saturated rings. The van der Waals surface area contributed by atoms with E-state index in [2.05, 4.69) is 11.4 Å². The smallest absolute Gasteiger partial charge is 0.323 e. The zero-order chi connectivity index (χ0) is 17.4.